The van der Waals surface area contributed by atoms with Crippen LogP contribution in [-0.4, -0.2) is 49.4 Å². The summed E-state index contributed by atoms with van der Waals surface area (Å²) in [4.78, 5) is 48.9. The number of ether oxygens (including phenoxy) is 1. The number of carbonyl (C=O) groups is 4. The number of nitrogens with one attached hydrogen (secondary N) is 1. The van der Waals surface area contributed by atoms with Gasteiger partial charge in [0.15, 0.2) is 11.5 Å². The van der Waals surface area contributed by atoms with Crippen LogP contribution in [0.2, 0.25) is 0 Å². The lowest BCUT2D eigenvalue weighted by molar-refractivity contribution is -0.275. The van der Waals surface area contributed by atoms with Crippen molar-refractivity contribution in [1.82, 2.24) is 10.2 Å². The Morgan fingerprint density at radius 2 is 1.69 bits per heavy atom. The molecule has 2 aromatic rings. The number of piperidine rings is 1. The molecule has 11 nitrogen and oxygen atoms in total. The fourth-order valence-electron chi connectivity index (χ4n) is 3.66. The first-order chi connectivity index (χ1) is 16.3. The number of alkyl halides is 3. The zero-order valence-electron chi connectivity index (χ0n) is 17.3. The number of halogens is 3. The number of nitrogens with zero attached hydrogens (tertiary/aromatic N) is 1. The van der Waals surface area contributed by atoms with Gasteiger partial charge < -0.3 is 14.7 Å². The van der Waals surface area contributed by atoms with Gasteiger partial charge in [-0.1, -0.05) is 12.1 Å². The van der Waals surface area contributed by atoms with Crippen molar-refractivity contribution in [3.05, 3.63) is 47.5 Å². The highest BCUT2D eigenvalue weighted by Crippen LogP contribution is 2.38. The van der Waals surface area contributed by atoms with Gasteiger partial charge in [0, 0.05) is 6.42 Å². The fourth-order valence-corrected chi connectivity index (χ4v) is 4.74. The smallest absolute Gasteiger partial charge is 0.404 e. The van der Waals surface area contributed by atoms with Crippen molar-refractivity contribution in [3.8, 4) is 11.5 Å². The molecule has 15 heteroatoms. The predicted octanol–water partition coefficient (Wildman–Crippen LogP) is 1.34. The number of nitrogen functional groups attached to an aromatic ring is 1. The summed E-state index contributed by atoms with van der Waals surface area (Å²) in [5, 5.41) is 2.02. The van der Waals surface area contributed by atoms with Crippen molar-refractivity contribution < 1.29 is 49.7 Å². The molecule has 1 atom stereocenters. The normalized spacial score (nSPS) is 18.4. The summed E-state index contributed by atoms with van der Waals surface area (Å²) in [7, 11) is -4.95. The number of carbonyl (C=O) groups excluding carboxylic acids is 4. The Kier molecular flexibility index (Phi) is 5.67. The summed E-state index contributed by atoms with van der Waals surface area (Å²) in [5.41, 5.74) is 4.62. The average Bonchev–Trinajstić information content (AvgIpc) is 3.00. The number of nitrogens with two attached hydrogens (primary N) is 1. The van der Waals surface area contributed by atoms with Crippen molar-refractivity contribution in [1.29, 1.82) is 0 Å². The number of fused-ring (bicyclic) bond motifs is 1. The Morgan fingerprint density at radius 3 is 2.34 bits per heavy atom. The molecule has 0 aliphatic carbocycles. The largest absolute Gasteiger partial charge is 0.573 e. The highest BCUT2D eigenvalue weighted by Gasteiger charge is 2.46. The minimum Gasteiger partial charge on any atom is -0.404 e. The molecule has 2 aromatic carbocycles. The van der Waals surface area contributed by atoms with Gasteiger partial charge >= 0.3 is 16.5 Å². The minimum absolute atomic E-state index is 0.120. The zero-order valence-corrected chi connectivity index (χ0v) is 18.1. The van der Waals surface area contributed by atoms with Crippen LogP contribution in [-0.2, 0) is 19.7 Å². The highest BCUT2D eigenvalue weighted by molar-refractivity contribution is 7.87. The topological polar surface area (TPSA) is 162 Å². The molecule has 2 heterocycles. The van der Waals surface area contributed by atoms with Crippen LogP contribution in [0.5, 0.6) is 11.5 Å². The van der Waals surface area contributed by atoms with Gasteiger partial charge in [-0.15, -0.1) is 13.2 Å². The average molecular weight is 513 g/mol. The monoisotopic (exact) mass is 513 g/mol. The first-order valence-corrected chi connectivity index (χ1v) is 11.1. The number of hydrogen-bond donors (Lipinski definition) is 2. The van der Waals surface area contributed by atoms with Crippen LogP contribution in [0.25, 0.3) is 0 Å². The van der Waals surface area contributed by atoms with Crippen LogP contribution >= 0.6 is 0 Å². The lowest BCUT2D eigenvalue weighted by Gasteiger charge is -2.27. The molecular formula is C20H14F3N3O8S. The molecule has 0 aromatic heterocycles. The minimum atomic E-state index is -5.19. The van der Waals surface area contributed by atoms with Gasteiger partial charge in [0.2, 0.25) is 11.8 Å². The number of anilines is 1. The van der Waals surface area contributed by atoms with E-state index < -0.39 is 73.8 Å². The number of rotatable bonds is 5. The van der Waals surface area contributed by atoms with E-state index in [-0.39, 0.29) is 18.4 Å². The quantitative estimate of drug-likeness (QED) is 0.341. The standard InChI is InChI=1S/C20H14F3N3O8S/c21-20(22,23)33-11-3-1-2-4-13(11)35(31,32)34-12-7-5-9-15(16(12)24)19(30)26(18(9)29)10-6-8-14(27)25-17(10)28/h1-5,7,10H,6,8,24H2,(H,25,27,28). The summed E-state index contributed by atoms with van der Waals surface area (Å²) in [6.45, 7) is 0. The van der Waals surface area contributed by atoms with Gasteiger partial charge in [0.25, 0.3) is 11.8 Å². The summed E-state index contributed by atoms with van der Waals surface area (Å²) in [5.74, 6) is -5.07. The highest BCUT2D eigenvalue weighted by atomic mass is 32.2. The van der Waals surface area contributed by atoms with Gasteiger partial charge in [0.1, 0.15) is 10.9 Å². The molecule has 2 aliphatic rings. The second-order valence-corrected chi connectivity index (χ2v) is 8.89. The Balaban J connectivity index is 1.67. The van der Waals surface area contributed by atoms with Gasteiger partial charge in [0.05, 0.1) is 16.8 Å². The van der Waals surface area contributed by atoms with Crippen molar-refractivity contribution in [3.63, 3.8) is 0 Å². The maximum Gasteiger partial charge on any atom is 0.573 e. The van der Waals surface area contributed by atoms with E-state index in [1.807, 2.05) is 5.32 Å². The summed E-state index contributed by atoms with van der Waals surface area (Å²) < 4.78 is 72.1. The van der Waals surface area contributed by atoms with Crippen molar-refractivity contribution in [2.75, 3.05) is 5.73 Å². The Morgan fingerprint density at radius 1 is 1.00 bits per heavy atom. The molecule has 3 N–H and O–H groups in total. The molecule has 0 radical (unpaired) electrons. The maximum atomic E-state index is 13.0. The first-order valence-electron chi connectivity index (χ1n) is 9.73. The van der Waals surface area contributed by atoms with E-state index in [0.717, 1.165) is 36.4 Å². The molecule has 2 aliphatic heterocycles. The van der Waals surface area contributed by atoms with Crippen molar-refractivity contribution >= 4 is 39.4 Å². The fraction of sp³-hybridized carbons (Fsp3) is 0.200. The van der Waals surface area contributed by atoms with Crippen LogP contribution in [0, 0.1) is 0 Å². The number of para-hydroxylation sites is 1. The second-order valence-electron chi connectivity index (χ2n) is 7.38. The molecule has 1 saturated heterocycles. The lowest BCUT2D eigenvalue weighted by atomic mass is 10.0. The molecule has 35 heavy (non-hydrogen) atoms. The van der Waals surface area contributed by atoms with E-state index >= 15 is 0 Å². The van der Waals surface area contributed by atoms with Crippen LogP contribution < -0.4 is 20.0 Å². The van der Waals surface area contributed by atoms with Gasteiger partial charge in [-0.25, -0.2) is 0 Å². The Labute approximate surface area is 194 Å². The van der Waals surface area contributed by atoms with E-state index in [2.05, 4.69) is 4.74 Å². The first kappa shape index (κ1) is 24.0. The third-order valence-electron chi connectivity index (χ3n) is 5.15. The number of hydrogen-bond acceptors (Lipinski definition) is 9. The third kappa shape index (κ3) is 4.37. The molecule has 184 valence electrons. The molecule has 0 spiro atoms. The molecule has 1 fully saturated rings. The molecule has 4 amide bonds. The molecule has 0 bridgehead atoms. The maximum absolute atomic E-state index is 13.0. The van der Waals surface area contributed by atoms with Crippen LogP contribution in [0.4, 0.5) is 18.9 Å². The Bertz CT molecular complexity index is 1390. The van der Waals surface area contributed by atoms with Gasteiger partial charge in [-0.3, -0.25) is 29.4 Å². The molecule has 1 unspecified atom stereocenters. The van der Waals surface area contributed by atoms with Crippen LogP contribution in [0.3, 0.4) is 0 Å². The second kappa shape index (κ2) is 8.26. The number of imide groups is 2. The van der Waals surface area contributed by atoms with E-state index in [4.69, 9.17) is 9.92 Å². The number of amides is 4. The summed E-state index contributed by atoms with van der Waals surface area (Å²) in [6, 6.07) is 4.48. The lowest BCUT2D eigenvalue weighted by Crippen LogP contribution is -2.54. The van der Waals surface area contributed by atoms with E-state index in [9.17, 15) is 40.8 Å². The zero-order chi connectivity index (χ0) is 25.7. The summed E-state index contributed by atoms with van der Waals surface area (Å²) in [6.07, 6.45) is -5.43. The van der Waals surface area contributed by atoms with E-state index in [1.165, 1.54) is 0 Å². The number of benzene rings is 2. The summed E-state index contributed by atoms with van der Waals surface area (Å²) >= 11 is 0. The molecule has 4 rings (SSSR count). The van der Waals surface area contributed by atoms with Crippen LogP contribution in [0.15, 0.2) is 41.3 Å². The SMILES string of the molecule is Nc1c(OS(=O)(=O)c2ccccc2OC(F)(F)F)ccc2c1C(=O)N(C1CCC(=O)NC1=O)C2=O. The predicted molar refractivity (Wildman–Crippen MR) is 108 cm³/mol. The van der Waals surface area contributed by atoms with Crippen LogP contribution in [0.1, 0.15) is 33.6 Å². The third-order valence-corrected chi connectivity index (χ3v) is 6.43. The van der Waals surface area contributed by atoms with Gasteiger partial charge in [-0.2, -0.15) is 8.42 Å². The van der Waals surface area contributed by atoms with E-state index in [1.54, 1.807) is 0 Å². The van der Waals surface area contributed by atoms with Crippen molar-refractivity contribution in [2.45, 2.75) is 30.1 Å². The van der Waals surface area contributed by atoms with E-state index in [0.29, 0.717) is 4.90 Å². The molecule has 0 saturated carbocycles. The Hall–Kier alpha value is -4.14. The molecular weight excluding hydrogens is 499 g/mol. The van der Waals surface area contributed by atoms with Gasteiger partial charge in [-0.05, 0) is 30.7 Å². The van der Waals surface area contributed by atoms with Crippen molar-refractivity contribution in [2.24, 2.45) is 0 Å².